The van der Waals surface area contributed by atoms with Crippen LogP contribution >= 0.6 is 0 Å². The van der Waals surface area contributed by atoms with Gasteiger partial charge in [0.2, 0.25) is 5.91 Å². The fourth-order valence-corrected chi connectivity index (χ4v) is 3.17. The molecule has 0 spiro atoms. The van der Waals surface area contributed by atoms with Crippen molar-refractivity contribution in [3.05, 3.63) is 24.3 Å². The lowest BCUT2D eigenvalue weighted by molar-refractivity contribution is -0.120. The number of aliphatic hydroxyl groups excluding tert-OH is 1. The fourth-order valence-electron chi connectivity index (χ4n) is 3.17. The molecule has 18 heavy (non-hydrogen) atoms. The third-order valence-corrected chi connectivity index (χ3v) is 4.35. The molecule has 0 aromatic heterocycles. The van der Waals surface area contributed by atoms with Gasteiger partial charge in [-0.25, -0.2) is 0 Å². The molecule has 3 atom stereocenters. The summed E-state index contributed by atoms with van der Waals surface area (Å²) in [4.78, 5) is 13.8. The minimum absolute atomic E-state index is 0.0302. The van der Waals surface area contributed by atoms with E-state index < -0.39 is 6.23 Å². The summed E-state index contributed by atoms with van der Waals surface area (Å²) in [5.74, 6) is 0.801. The van der Waals surface area contributed by atoms with Crippen molar-refractivity contribution in [1.82, 2.24) is 0 Å². The summed E-state index contributed by atoms with van der Waals surface area (Å²) in [6.45, 7) is 4.07. The summed E-state index contributed by atoms with van der Waals surface area (Å²) in [5.41, 5.74) is 0.677. The van der Waals surface area contributed by atoms with Crippen molar-refractivity contribution in [2.75, 3.05) is 12.0 Å². The van der Waals surface area contributed by atoms with Crippen LogP contribution in [0.1, 0.15) is 13.8 Å². The van der Waals surface area contributed by atoms with Crippen LogP contribution in [0.5, 0.6) is 5.75 Å². The summed E-state index contributed by atoms with van der Waals surface area (Å²) >= 11 is 0. The minimum Gasteiger partial charge on any atom is -0.497 e. The average Bonchev–Trinajstić information content (AvgIpc) is 2.80. The van der Waals surface area contributed by atoms with Crippen LogP contribution in [0.2, 0.25) is 0 Å². The average molecular weight is 247 g/mol. The van der Waals surface area contributed by atoms with Crippen molar-refractivity contribution in [2.24, 2.45) is 17.3 Å². The molecule has 1 aromatic carbocycles. The Balaban J connectivity index is 1.88. The number of aliphatic hydroxyl groups is 1. The molecular weight excluding hydrogens is 230 g/mol. The highest BCUT2D eigenvalue weighted by molar-refractivity contribution is 6.01. The van der Waals surface area contributed by atoms with Crippen LogP contribution in [-0.2, 0) is 4.79 Å². The number of hydrogen-bond donors (Lipinski definition) is 1. The van der Waals surface area contributed by atoms with E-state index in [4.69, 9.17) is 4.74 Å². The molecule has 0 radical (unpaired) electrons. The monoisotopic (exact) mass is 247 g/mol. The highest BCUT2D eigenvalue weighted by atomic mass is 16.5. The lowest BCUT2D eigenvalue weighted by Crippen LogP contribution is -2.39. The van der Waals surface area contributed by atoms with Gasteiger partial charge in [0.15, 0.2) is 0 Å². The number of hydrogen-bond acceptors (Lipinski definition) is 3. The molecule has 3 rings (SSSR count). The van der Waals surface area contributed by atoms with E-state index in [9.17, 15) is 9.90 Å². The van der Waals surface area contributed by atoms with Crippen molar-refractivity contribution in [3.63, 3.8) is 0 Å². The van der Waals surface area contributed by atoms with E-state index in [1.54, 1.807) is 31.4 Å². The number of piperidine rings is 1. The molecule has 1 aromatic rings. The molecule has 0 unspecified atom stereocenters. The molecule has 1 N–H and O–H groups in total. The molecular formula is C14H17NO3. The molecule has 96 valence electrons. The summed E-state index contributed by atoms with van der Waals surface area (Å²) in [7, 11) is 1.60. The number of anilines is 1. The zero-order valence-corrected chi connectivity index (χ0v) is 10.8. The number of ether oxygens (including phenoxy) is 1. The maximum absolute atomic E-state index is 12.3. The second-order valence-corrected chi connectivity index (χ2v) is 5.64. The summed E-state index contributed by atoms with van der Waals surface area (Å²) in [5, 5.41) is 10.3. The standard InChI is InChI=1S/C14H17NO3/c1-14(2)10-11(14)13(17)15(12(10)16)8-4-6-9(18-3)7-5-8/h4-7,10-12,16H,1-3H3/t10-,11+,12-/m1/s1. The predicted octanol–water partition coefficient (Wildman–Crippen LogP) is 1.63. The van der Waals surface area contributed by atoms with Crippen LogP contribution in [0.3, 0.4) is 0 Å². The Morgan fingerprint density at radius 2 is 1.89 bits per heavy atom. The molecule has 1 amide bonds. The number of carbonyl (C=O) groups excluding carboxylic acids is 1. The van der Waals surface area contributed by atoms with Crippen molar-refractivity contribution < 1.29 is 14.6 Å². The molecule has 2 fully saturated rings. The first kappa shape index (κ1) is 11.5. The predicted molar refractivity (Wildman–Crippen MR) is 67.2 cm³/mol. The summed E-state index contributed by atoms with van der Waals surface area (Å²) in [6, 6.07) is 7.20. The third-order valence-electron chi connectivity index (χ3n) is 4.35. The van der Waals surface area contributed by atoms with Crippen molar-refractivity contribution >= 4 is 11.6 Å². The van der Waals surface area contributed by atoms with Gasteiger partial charge in [0, 0.05) is 11.6 Å². The number of benzene rings is 1. The van der Waals surface area contributed by atoms with Gasteiger partial charge in [-0.2, -0.15) is 0 Å². The first-order chi connectivity index (χ1) is 8.48. The molecule has 0 bridgehead atoms. The number of rotatable bonds is 2. The van der Waals surface area contributed by atoms with E-state index in [0.717, 1.165) is 11.4 Å². The highest BCUT2D eigenvalue weighted by Crippen LogP contribution is 2.65. The highest BCUT2D eigenvalue weighted by Gasteiger charge is 2.71. The zero-order chi connectivity index (χ0) is 13.1. The number of nitrogens with zero attached hydrogens (tertiary/aromatic N) is 1. The molecule has 2 aliphatic rings. The van der Waals surface area contributed by atoms with Crippen LogP contribution < -0.4 is 9.64 Å². The van der Waals surface area contributed by atoms with E-state index in [1.165, 1.54) is 4.90 Å². The van der Waals surface area contributed by atoms with Crippen LogP contribution in [0, 0.1) is 17.3 Å². The van der Waals surface area contributed by atoms with Crippen molar-refractivity contribution in [1.29, 1.82) is 0 Å². The Morgan fingerprint density at radius 1 is 1.28 bits per heavy atom. The van der Waals surface area contributed by atoms with Crippen LogP contribution in [0.25, 0.3) is 0 Å². The van der Waals surface area contributed by atoms with Crippen LogP contribution in [0.4, 0.5) is 5.69 Å². The largest absolute Gasteiger partial charge is 0.497 e. The van der Waals surface area contributed by atoms with Gasteiger partial charge in [0.25, 0.3) is 0 Å². The van der Waals surface area contributed by atoms with Gasteiger partial charge in [-0.1, -0.05) is 13.8 Å². The Labute approximate surface area is 106 Å². The number of amides is 1. The lowest BCUT2D eigenvalue weighted by atomic mass is 10.0. The molecule has 1 saturated carbocycles. The van der Waals surface area contributed by atoms with Gasteiger partial charge in [-0.3, -0.25) is 9.69 Å². The molecule has 4 heteroatoms. The molecule has 1 saturated heterocycles. The minimum atomic E-state index is -0.703. The van der Waals surface area contributed by atoms with Gasteiger partial charge in [-0.05, 0) is 29.7 Å². The number of methoxy groups -OCH3 is 1. The number of fused-ring (bicyclic) bond motifs is 1. The summed E-state index contributed by atoms with van der Waals surface area (Å²) in [6.07, 6.45) is -0.703. The first-order valence-corrected chi connectivity index (χ1v) is 6.13. The van der Waals surface area contributed by atoms with Crippen LogP contribution in [0.15, 0.2) is 24.3 Å². The van der Waals surface area contributed by atoms with Gasteiger partial charge >= 0.3 is 0 Å². The van der Waals surface area contributed by atoms with E-state index >= 15 is 0 Å². The van der Waals surface area contributed by atoms with Gasteiger partial charge < -0.3 is 9.84 Å². The lowest BCUT2D eigenvalue weighted by Gasteiger charge is -2.27. The Bertz CT molecular complexity index is 494. The Morgan fingerprint density at radius 3 is 2.33 bits per heavy atom. The zero-order valence-electron chi connectivity index (χ0n) is 10.8. The van der Waals surface area contributed by atoms with E-state index in [2.05, 4.69) is 0 Å². The van der Waals surface area contributed by atoms with E-state index in [0.29, 0.717) is 0 Å². The maximum atomic E-state index is 12.3. The maximum Gasteiger partial charge on any atom is 0.233 e. The SMILES string of the molecule is COc1ccc(N2C(=O)[C@@H]3[C@H]([C@H]2O)C3(C)C)cc1. The molecule has 1 aliphatic heterocycles. The second kappa shape index (κ2) is 3.48. The third kappa shape index (κ3) is 1.32. The Kier molecular flexibility index (Phi) is 2.23. The molecule has 4 nitrogen and oxygen atoms in total. The first-order valence-electron chi connectivity index (χ1n) is 6.13. The molecule has 1 heterocycles. The van der Waals surface area contributed by atoms with E-state index in [1.807, 2.05) is 13.8 Å². The number of carbonyl (C=O) groups is 1. The Hall–Kier alpha value is -1.55. The van der Waals surface area contributed by atoms with Gasteiger partial charge in [0.05, 0.1) is 13.0 Å². The van der Waals surface area contributed by atoms with Crippen molar-refractivity contribution in [3.8, 4) is 5.75 Å². The summed E-state index contributed by atoms with van der Waals surface area (Å²) < 4.78 is 5.08. The molecule has 1 aliphatic carbocycles. The van der Waals surface area contributed by atoms with Gasteiger partial charge in [-0.15, -0.1) is 0 Å². The van der Waals surface area contributed by atoms with Gasteiger partial charge in [0.1, 0.15) is 12.0 Å². The quantitative estimate of drug-likeness (QED) is 0.864. The van der Waals surface area contributed by atoms with Crippen molar-refractivity contribution in [2.45, 2.75) is 20.1 Å². The van der Waals surface area contributed by atoms with Crippen LogP contribution in [-0.4, -0.2) is 24.4 Å². The second-order valence-electron chi connectivity index (χ2n) is 5.64. The topological polar surface area (TPSA) is 49.8 Å². The normalized spacial score (nSPS) is 32.3. The fraction of sp³-hybridized carbons (Fsp3) is 0.500. The van der Waals surface area contributed by atoms with E-state index in [-0.39, 0.29) is 23.2 Å². The smallest absolute Gasteiger partial charge is 0.233 e.